The smallest absolute Gasteiger partial charge is 0.241 e. The quantitative estimate of drug-likeness (QED) is 0.881. The normalized spacial score (nSPS) is 21.6. The van der Waals surface area contributed by atoms with E-state index in [4.69, 9.17) is 5.11 Å². The summed E-state index contributed by atoms with van der Waals surface area (Å²) in [6, 6.07) is 1.57. The SMILES string of the molecule is O=S(=O)(NC1CCCSC1)c1csc(CO)c1. The molecule has 0 bridgehead atoms. The van der Waals surface area contributed by atoms with E-state index in [2.05, 4.69) is 4.72 Å². The van der Waals surface area contributed by atoms with Crippen LogP contribution in [0.3, 0.4) is 0 Å². The topological polar surface area (TPSA) is 66.4 Å². The minimum absolute atomic E-state index is 0.0382. The highest BCUT2D eigenvalue weighted by Crippen LogP contribution is 2.22. The van der Waals surface area contributed by atoms with Gasteiger partial charge in [-0.3, -0.25) is 0 Å². The second-order valence-electron chi connectivity index (χ2n) is 3.94. The fourth-order valence-electron chi connectivity index (χ4n) is 1.71. The van der Waals surface area contributed by atoms with Gasteiger partial charge in [-0.05, 0) is 24.7 Å². The lowest BCUT2D eigenvalue weighted by Crippen LogP contribution is -2.38. The van der Waals surface area contributed by atoms with Crippen molar-refractivity contribution < 1.29 is 13.5 Å². The highest BCUT2D eigenvalue weighted by atomic mass is 32.2. The maximum Gasteiger partial charge on any atom is 0.241 e. The summed E-state index contributed by atoms with van der Waals surface area (Å²) in [5.74, 6) is 1.96. The van der Waals surface area contributed by atoms with E-state index >= 15 is 0 Å². The summed E-state index contributed by atoms with van der Waals surface area (Å²) < 4.78 is 26.8. The third-order valence-corrected chi connectivity index (χ3v) is 6.36. The number of aliphatic hydroxyl groups is 1. The van der Waals surface area contributed by atoms with Crippen molar-refractivity contribution in [1.29, 1.82) is 0 Å². The molecule has 0 amide bonds. The van der Waals surface area contributed by atoms with Gasteiger partial charge in [-0.15, -0.1) is 11.3 Å². The molecule has 1 unspecified atom stereocenters. The number of hydrogen-bond donors (Lipinski definition) is 2. The molecule has 1 atom stereocenters. The number of thiophene rings is 1. The van der Waals surface area contributed by atoms with Gasteiger partial charge in [0.1, 0.15) is 0 Å². The average molecular weight is 293 g/mol. The lowest BCUT2D eigenvalue weighted by atomic mass is 10.2. The molecule has 2 rings (SSSR count). The van der Waals surface area contributed by atoms with Crippen LogP contribution >= 0.6 is 23.1 Å². The van der Waals surface area contributed by atoms with Crippen LogP contribution in [0.2, 0.25) is 0 Å². The Bertz CT molecular complexity index is 463. The van der Waals surface area contributed by atoms with Gasteiger partial charge in [0, 0.05) is 22.1 Å². The number of thioether (sulfide) groups is 1. The Balaban J connectivity index is 2.07. The van der Waals surface area contributed by atoms with Crippen LogP contribution in [0.1, 0.15) is 17.7 Å². The zero-order chi connectivity index (χ0) is 12.3. The first-order valence-corrected chi connectivity index (χ1v) is 8.92. The summed E-state index contributed by atoms with van der Waals surface area (Å²) in [4.78, 5) is 0.936. The van der Waals surface area contributed by atoms with Crippen molar-refractivity contribution in [2.24, 2.45) is 0 Å². The summed E-state index contributed by atoms with van der Waals surface area (Å²) in [6.07, 6.45) is 1.96. The zero-order valence-corrected chi connectivity index (χ0v) is 11.7. The van der Waals surface area contributed by atoms with Crippen molar-refractivity contribution in [3.8, 4) is 0 Å². The van der Waals surface area contributed by atoms with E-state index in [9.17, 15) is 8.42 Å². The highest BCUT2D eigenvalue weighted by molar-refractivity contribution is 7.99. The maximum absolute atomic E-state index is 12.0. The number of sulfonamides is 1. The molecule has 0 radical (unpaired) electrons. The van der Waals surface area contributed by atoms with Gasteiger partial charge >= 0.3 is 0 Å². The summed E-state index contributed by atoms with van der Waals surface area (Å²) in [5.41, 5.74) is 0. The first-order chi connectivity index (χ1) is 8.12. The third kappa shape index (κ3) is 3.45. The van der Waals surface area contributed by atoms with Crippen LogP contribution in [0.15, 0.2) is 16.3 Å². The van der Waals surface area contributed by atoms with E-state index in [-0.39, 0.29) is 17.5 Å². The fourth-order valence-corrected chi connectivity index (χ4v) is 5.29. The molecule has 0 spiro atoms. The Hall–Kier alpha value is -0.0800. The van der Waals surface area contributed by atoms with Crippen LogP contribution in [-0.2, 0) is 16.6 Å². The molecular formula is C10H15NO3S3. The molecule has 2 N–H and O–H groups in total. The molecule has 96 valence electrons. The first-order valence-electron chi connectivity index (χ1n) is 5.40. The Morgan fingerprint density at radius 2 is 2.35 bits per heavy atom. The van der Waals surface area contributed by atoms with E-state index < -0.39 is 10.0 Å². The maximum atomic E-state index is 12.0. The third-order valence-electron chi connectivity index (χ3n) is 2.58. The molecule has 1 saturated heterocycles. The van der Waals surface area contributed by atoms with E-state index in [0.717, 1.165) is 24.3 Å². The van der Waals surface area contributed by atoms with Gasteiger partial charge in [-0.25, -0.2) is 13.1 Å². The van der Waals surface area contributed by atoms with E-state index in [1.165, 1.54) is 17.4 Å². The van der Waals surface area contributed by atoms with Crippen molar-refractivity contribution in [2.75, 3.05) is 11.5 Å². The van der Waals surface area contributed by atoms with Crippen molar-refractivity contribution in [1.82, 2.24) is 4.72 Å². The molecule has 1 aliphatic rings. The number of rotatable bonds is 4. The molecule has 1 fully saturated rings. The van der Waals surface area contributed by atoms with Crippen molar-refractivity contribution in [3.63, 3.8) is 0 Å². The minimum atomic E-state index is -3.41. The zero-order valence-electron chi connectivity index (χ0n) is 9.26. The number of nitrogens with one attached hydrogen (secondary N) is 1. The molecule has 0 aromatic carbocycles. The Morgan fingerprint density at radius 3 is 2.94 bits per heavy atom. The minimum Gasteiger partial charge on any atom is -0.391 e. The van der Waals surface area contributed by atoms with Crippen molar-refractivity contribution in [3.05, 3.63) is 16.3 Å². The molecular weight excluding hydrogens is 278 g/mol. The molecule has 1 aromatic heterocycles. The Labute approximate surface area is 109 Å². The van der Waals surface area contributed by atoms with Crippen LogP contribution in [0.4, 0.5) is 0 Å². The molecule has 4 nitrogen and oxygen atoms in total. The molecule has 0 saturated carbocycles. The molecule has 0 aliphatic carbocycles. The van der Waals surface area contributed by atoms with Gasteiger partial charge in [0.2, 0.25) is 10.0 Å². The Kier molecular flexibility index (Phi) is 4.48. The van der Waals surface area contributed by atoms with Gasteiger partial charge in [-0.1, -0.05) is 0 Å². The van der Waals surface area contributed by atoms with E-state index in [1.807, 2.05) is 0 Å². The number of hydrogen-bond acceptors (Lipinski definition) is 5. The van der Waals surface area contributed by atoms with Gasteiger partial charge in [-0.2, -0.15) is 11.8 Å². The van der Waals surface area contributed by atoms with Crippen LogP contribution in [0.25, 0.3) is 0 Å². The largest absolute Gasteiger partial charge is 0.391 e. The van der Waals surface area contributed by atoms with Gasteiger partial charge in [0.05, 0.1) is 11.5 Å². The van der Waals surface area contributed by atoms with Gasteiger partial charge in [0.15, 0.2) is 0 Å². The van der Waals surface area contributed by atoms with Gasteiger partial charge in [0.25, 0.3) is 0 Å². The first kappa shape index (κ1) is 13.4. The predicted octanol–water partition coefficient (Wildman–Crippen LogP) is 1.41. The van der Waals surface area contributed by atoms with E-state index in [0.29, 0.717) is 4.88 Å². The lowest BCUT2D eigenvalue weighted by molar-refractivity contribution is 0.285. The summed E-state index contributed by atoms with van der Waals surface area (Å²) in [5, 5.41) is 10.5. The standard InChI is InChI=1S/C10H15NO3S3/c12-5-9-4-10(7-16-9)17(13,14)11-8-2-1-3-15-6-8/h4,7-8,11-12H,1-3,5-6H2. The number of aliphatic hydroxyl groups excluding tert-OH is 1. The van der Waals surface area contributed by atoms with Gasteiger partial charge < -0.3 is 5.11 Å². The fraction of sp³-hybridized carbons (Fsp3) is 0.600. The van der Waals surface area contributed by atoms with Crippen LogP contribution < -0.4 is 4.72 Å². The highest BCUT2D eigenvalue weighted by Gasteiger charge is 2.22. The van der Waals surface area contributed by atoms with Crippen LogP contribution in [-0.4, -0.2) is 31.1 Å². The molecule has 1 aliphatic heterocycles. The molecule has 1 aromatic rings. The average Bonchev–Trinajstić information content (AvgIpc) is 2.79. The lowest BCUT2D eigenvalue weighted by Gasteiger charge is -2.21. The van der Waals surface area contributed by atoms with E-state index in [1.54, 1.807) is 17.1 Å². The van der Waals surface area contributed by atoms with Crippen molar-refractivity contribution in [2.45, 2.75) is 30.4 Å². The summed E-state index contributed by atoms with van der Waals surface area (Å²) in [6.45, 7) is -0.112. The second kappa shape index (κ2) is 5.71. The van der Waals surface area contributed by atoms with Crippen LogP contribution in [0, 0.1) is 0 Å². The summed E-state index contributed by atoms with van der Waals surface area (Å²) in [7, 11) is -3.41. The monoisotopic (exact) mass is 293 g/mol. The summed E-state index contributed by atoms with van der Waals surface area (Å²) >= 11 is 3.05. The second-order valence-corrected chi connectivity index (χ2v) is 7.80. The van der Waals surface area contributed by atoms with Crippen LogP contribution in [0.5, 0.6) is 0 Å². The molecule has 7 heteroatoms. The molecule has 17 heavy (non-hydrogen) atoms. The van der Waals surface area contributed by atoms with Crippen molar-refractivity contribution >= 4 is 33.1 Å². The molecule has 2 heterocycles. The Morgan fingerprint density at radius 1 is 1.53 bits per heavy atom. The predicted molar refractivity (Wildman–Crippen MR) is 70.9 cm³/mol.